The number of rotatable bonds is 0. The van der Waals surface area contributed by atoms with Crippen LogP contribution in [0.25, 0.3) is 0 Å². The van der Waals surface area contributed by atoms with E-state index in [-0.39, 0.29) is 17.0 Å². The van der Waals surface area contributed by atoms with Gasteiger partial charge in [0.05, 0.1) is 0 Å². The average molecular weight is 215 g/mol. The van der Waals surface area contributed by atoms with E-state index in [4.69, 9.17) is 0 Å². The highest BCUT2D eigenvalue weighted by Crippen LogP contribution is 2.45. The zero-order valence-electron chi connectivity index (χ0n) is 8.67. The molecule has 0 saturated heterocycles. The van der Waals surface area contributed by atoms with Gasteiger partial charge in [-0.25, -0.2) is 4.98 Å². The Bertz CT molecular complexity index is 399. The first-order valence-electron chi connectivity index (χ1n) is 4.55. The maximum Gasteiger partial charge on any atom is 0.587 e. The maximum atomic E-state index is 12.8. The fraction of sp³-hybridized carbons (Fsp3) is 0.500. The Morgan fingerprint density at radius 2 is 1.93 bits per heavy atom. The van der Waals surface area contributed by atoms with E-state index in [0.29, 0.717) is 5.56 Å². The third kappa shape index (κ3) is 1.73. The van der Waals surface area contributed by atoms with Crippen LogP contribution in [0.4, 0.5) is 8.78 Å². The van der Waals surface area contributed by atoms with Gasteiger partial charge < -0.3 is 9.47 Å². The molecule has 0 fully saturated rings. The zero-order chi connectivity index (χ0) is 11.3. The molecule has 0 aliphatic carbocycles. The Labute approximate surface area is 86.0 Å². The van der Waals surface area contributed by atoms with Crippen molar-refractivity contribution < 1.29 is 18.3 Å². The van der Waals surface area contributed by atoms with E-state index >= 15 is 0 Å². The summed E-state index contributed by atoms with van der Waals surface area (Å²) in [5.41, 5.74) is 0.362. The van der Waals surface area contributed by atoms with Gasteiger partial charge >= 0.3 is 6.29 Å². The molecule has 0 spiro atoms. The van der Waals surface area contributed by atoms with Gasteiger partial charge in [-0.2, -0.15) is 0 Å². The molecule has 2 rings (SSSR count). The molecular formula is C10H11F2NO2. The Balaban J connectivity index is 2.51. The number of pyridine rings is 1. The van der Waals surface area contributed by atoms with Crippen LogP contribution in [0.15, 0.2) is 12.3 Å². The topological polar surface area (TPSA) is 31.4 Å². The second-order valence-corrected chi connectivity index (χ2v) is 4.41. The molecule has 1 aliphatic heterocycles. The molecule has 0 aromatic carbocycles. The molecule has 0 saturated carbocycles. The van der Waals surface area contributed by atoms with Crippen LogP contribution in [0.3, 0.4) is 0 Å². The molecule has 0 unspecified atom stereocenters. The minimum atomic E-state index is -3.60. The zero-order valence-corrected chi connectivity index (χ0v) is 8.67. The third-order valence-corrected chi connectivity index (χ3v) is 2.12. The number of hydrogen-bond donors (Lipinski definition) is 0. The van der Waals surface area contributed by atoms with Gasteiger partial charge in [-0.1, -0.05) is 20.8 Å². The van der Waals surface area contributed by atoms with Crippen molar-refractivity contribution in [3.63, 3.8) is 0 Å². The molecule has 2 heterocycles. The number of aromatic nitrogens is 1. The van der Waals surface area contributed by atoms with Crippen molar-refractivity contribution >= 4 is 0 Å². The van der Waals surface area contributed by atoms with Crippen molar-refractivity contribution in [1.29, 1.82) is 0 Å². The molecule has 1 aliphatic rings. The lowest BCUT2D eigenvalue weighted by atomic mass is 9.87. The highest BCUT2D eigenvalue weighted by atomic mass is 19.3. The second-order valence-electron chi connectivity index (χ2n) is 4.41. The van der Waals surface area contributed by atoms with E-state index < -0.39 is 6.29 Å². The smallest absolute Gasteiger partial charge is 0.393 e. The van der Waals surface area contributed by atoms with Crippen LogP contribution in [0.1, 0.15) is 26.3 Å². The van der Waals surface area contributed by atoms with Crippen molar-refractivity contribution in [3.05, 3.63) is 17.8 Å². The van der Waals surface area contributed by atoms with Gasteiger partial charge in [-0.15, -0.1) is 8.78 Å². The lowest BCUT2D eigenvalue weighted by Crippen LogP contribution is -2.26. The Morgan fingerprint density at radius 1 is 1.27 bits per heavy atom. The lowest BCUT2D eigenvalue weighted by Gasteiger charge is -2.19. The minimum Gasteiger partial charge on any atom is -0.393 e. The van der Waals surface area contributed by atoms with Crippen LogP contribution in [0.5, 0.6) is 11.6 Å². The van der Waals surface area contributed by atoms with Crippen molar-refractivity contribution in [2.45, 2.75) is 32.5 Å². The Kier molecular flexibility index (Phi) is 1.90. The fourth-order valence-corrected chi connectivity index (χ4v) is 1.44. The van der Waals surface area contributed by atoms with E-state index in [9.17, 15) is 8.78 Å². The van der Waals surface area contributed by atoms with Crippen molar-refractivity contribution in [2.75, 3.05) is 0 Å². The molecule has 0 atom stereocenters. The summed E-state index contributed by atoms with van der Waals surface area (Å²) in [4.78, 5) is 3.70. The van der Waals surface area contributed by atoms with Gasteiger partial charge in [-0.3, -0.25) is 0 Å². The number of ether oxygens (including phenoxy) is 2. The van der Waals surface area contributed by atoms with Crippen molar-refractivity contribution in [1.82, 2.24) is 4.98 Å². The number of hydrogen-bond acceptors (Lipinski definition) is 3. The van der Waals surface area contributed by atoms with Gasteiger partial charge in [0.25, 0.3) is 5.88 Å². The van der Waals surface area contributed by atoms with Crippen LogP contribution in [0, 0.1) is 0 Å². The summed E-state index contributed by atoms with van der Waals surface area (Å²) < 4.78 is 34.3. The SMILES string of the molecule is CC(C)(C)c1ccnc2c1OC(F)(F)O2. The third-order valence-electron chi connectivity index (χ3n) is 2.12. The molecule has 0 amide bonds. The molecule has 0 radical (unpaired) electrons. The predicted octanol–water partition coefficient (Wildman–Crippen LogP) is 2.70. The summed E-state index contributed by atoms with van der Waals surface area (Å²) in [6.45, 7) is 5.72. The van der Waals surface area contributed by atoms with Crippen LogP contribution in [-0.2, 0) is 5.41 Å². The summed E-state index contributed by atoms with van der Waals surface area (Å²) in [5, 5.41) is 0. The van der Waals surface area contributed by atoms with Gasteiger partial charge in [-0.05, 0) is 11.5 Å². The fourth-order valence-electron chi connectivity index (χ4n) is 1.44. The van der Waals surface area contributed by atoms with E-state index in [1.165, 1.54) is 6.20 Å². The summed E-state index contributed by atoms with van der Waals surface area (Å²) in [7, 11) is 0. The highest BCUT2D eigenvalue weighted by molar-refractivity contribution is 5.46. The number of alkyl halides is 2. The molecule has 0 N–H and O–H groups in total. The molecule has 5 heteroatoms. The quantitative estimate of drug-likeness (QED) is 0.666. The molecule has 82 valence electrons. The maximum absolute atomic E-state index is 12.8. The van der Waals surface area contributed by atoms with Gasteiger partial charge in [0.1, 0.15) is 0 Å². The van der Waals surface area contributed by atoms with Crippen LogP contribution < -0.4 is 9.47 Å². The lowest BCUT2D eigenvalue weighted by molar-refractivity contribution is -0.287. The van der Waals surface area contributed by atoms with Crippen molar-refractivity contribution in [3.8, 4) is 11.6 Å². The monoisotopic (exact) mass is 215 g/mol. The number of halogens is 2. The molecule has 1 aromatic heterocycles. The second kappa shape index (κ2) is 2.81. The summed E-state index contributed by atoms with van der Waals surface area (Å²) in [6, 6.07) is 1.66. The van der Waals surface area contributed by atoms with Gasteiger partial charge in [0, 0.05) is 11.8 Å². The van der Waals surface area contributed by atoms with Gasteiger partial charge in [0.2, 0.25) is 0 Å². The minimum absolute atomic E-state index is 0.0370. The number of fused-ring (bicyclic) bond motifs is 1. The molecule has 0 bridgehead atoms. The Hall–Kier alpha value is -1.39. The summed E-state index contributed by atoms with van der Waals surface area (Å²) >= 11 is 0. The van der Waals surface area contributed by atoms with Crippen LogP contribution >= 0.6 is 0 Å². The van der Waals surface area contributed by atoms with Crippen molar-refractivity contribution in [2.24, 2.45) is 0 Å². The van der Waals surface area contributed by atoms with E-state index in [2.05, 4.69) is 14.5 Å². The summed E-state index contributed by atoms with van der Waals surface area (Å²) in [6.07, 6.45) is -2.17. The summed E-state index contributed by atoms with van der Waals surface area (Å²) in [5.74, 6) is -0.109. The first-order chi connectivity index (χ1) is 6.80. The average Bonchev–Trinajstić information content (AvgIpc) is 2.35. The molecular weight excluding hydrogens is 204 g/mol. The van der Waals surface area contributed by atoms with Crippen LogP contribution in [0.2, 0.25) is 0 Å². The number of nitrogens with zero attached hydrogens (tertiary/aromatic N) is 1. The first kappa shape index (κ1) is 10.1. The molecule has 15 heavy (non-hydrogen) atoms. The molecule has 3 nitrogen and oxygen atoms in total. The standard InChI is InChI=1S/C10H11F2NO2/c1-9(2,3)6-4-5-13-8-7(6)14-10(11,12)15-8/h4-5H,1-3H3. The van der Waals surface area contributed by atoms with E-state index in [1.54, 1.807) is 6.07 Å². The van der Waals surface area contributed by atoms with E-state index in [1.807, 2.05) is 20.8 Å². The van der Waals surface area contributed by atoms with Gasteiger partial charge in [0.15, 0.2) is 5.75 Å². The normalized spacial score (nSPS) is 17.9. The predicted molar refractivity (Wildman–Crippen MR) is 49.1 cm³/mol. The largest absolute Gasteiger partial charge is 0.587 e. The Morgan fingerprint density at radius 3 is 2.53 bits per heavy atom. The molecule has 1 aromatic rings. The first-order valence-corrected chi connectivity index (χ1v) is 4.55. The van der Waals surface area contributed by atoms with E-state index in [0.717, 1.165) is 0 Å². The van der Waals surface area contributed by atoms with Crippen LogP contribution in [-0.4, -0.2) is 11.3 Å². The highest BCUT2D eigenvalue weighted by Gasteiger charge is 2.46.